The first-order valence-corrected chi connectivity index (χ1v) is 10.9. The van der Waals surface area contributed by atoms with Crippen LogP contribution in [-0.4, -0.2) is 30.3 Å². The Labute approximate surface area is 199 Å². The summed E-state index contributed by atoms with van der Waals surface area (Å²) in [5.74, 6) is -0.520. The molecule has 33 heavy (non-hydrogen) atoms. The summed E-state index contributed by atoms with van der Waals surface area (Å²) in [4.78, 5) is 27.6. The van der Waals surface area contributed by atoms with Crippen LogP contribution in [-0.2, 0) is 0 Å². The number of hydrogen-bond acceptors (Lipinski definition) is 4. The van der Waals surface area contributed by atoms with E-state index in [4.69, 9.17) is 23.2 Å². The van der Waals surface area contributed by atoms with Crippen LogP contribution >= 0.6 is 23.2 Å². The zero-order chi connectivity index (χ0) is 22.9. The van der Waals surface area contributed by atoms with Crippen molar-refractivity contribution in [1.82, 2.24) is 0 Å². The first-order chi connectivity index (χ1) is 16.0. The van der Waals surface area contributed by atoms with E-state index in [0.717, 1.165) is 22.5 Å². The molecule has 0 atom stereocenters. The molecule has 0 saturated carbocycles. The van der Waals surface area contributed by atoms with E-state index >= 15 is 0 Å². The highest BCUT2D eigenvalue weighted by Gasteiger charge is 2.27. The van der Waals surface area contributed by atoms with E-state index in [9.17, 15) is 9.59 Å². The number of nitrogens with one attached hydrogen (secondary N) is 1. The van der Waals surface area contributed by atoms with Crippen molar-refractivity contribution in [2.45, 2.75) is 0 Å². The normalized spacial score (nSPS) is 14.1. The first-order valence-electron chi connectivity index (χ1n) is 10.1. The zero-order valence-electron chi connectivity index (χ0n) is 17.1. The van der Waals surface area contributed by atoms with E-state index in [-0.39, 0.29) is 16.8 Å². The number of fused-ring (bicyclic) bond motifs is 3. The van der Waals surface area contributed by atoms with Gasteiger partial charge in [-0.05, 0) is 48.5 Å². The Balaban J connectivity index is 1.37. The number of nitrogens with zero attached hydrogens (tertiary/aromatic N) is 3. The molecule has 0 bridgehead atoms. The maximum atomic E-state index is 13.4. The lowest BCUT2D eigenvalue weighted by Crippen LogP contribution is -2.31. The molecule has 0 aliphatic carbocycles. The summed E-state index contributed by atoms with van der Waals surface area (Å²) in [5, 5.41) is 11.7. The molecule has 2 aliphatic heterocycles. The van der Waals surface area contributed by atoms with Crippen molar-refractivity contribution in [1.29, 1.82) is 0 Å². The Bertz CT molecular complexity index is 1380. The lowest BCUT2D eigenvalue weighted by molar-refractivity contribution is 0.0988. The maximum absolute atomic E-state index is 13.4. The highest BCUT2D eigenvalue weighted by atomic mass is 35.5. The van der Waals surface area contributed by atoms with Crippen LogP contribution in [0.15, 0.2) is 88.6 Å². The van der Waals surface area contributed by atoms with Gasteiger partial charge in [0.1, 0.15) is 5.71 Å². The van der Waals surface area contributed by atoms with Gasteiger partial charge in [-0.25, -0.2) is 0 Å². The number of amides is 2. The molecule has 6 nitrogen and oxygen atoms in total. The van der Waals surface area contributed by atoms with Gasteiger partial charge in [-0.3, -0.25) is 9.59 Å². The van der Waals surface area contributed by atoms with E-state index in [1.165, 1.54) is 6.07 Å². The van der Waals surface area contributed by atoms with Gasteiger partial charge in [0, 0.05) is 34.0 Å². The number of allylic oxidation sites excluding steroid dienone is 1. The third-order valence-corrected chi connectivity index (χ3v) is 5.93. The summed E-state index contributed by atoms with van der Waals surface area (Å²) >= 11 is 12.0. The minimum Gasteiger partial charge on any atom is -0.322 e. The molecular weight excluding hydrogens is 459 g/mol. The van der Waals surface area contributed by atoms with E-state index in [1.807, 2.05) is 30.3 Å². The van der Waals surface area contributed by atoms with E-state index in [1.54, 1.807) is 47.5 Å². The molecule has 0 radical (unpaired) electrons. The molecule has 2 amide bonds. The standard InChI is InChI=1S/C25H16Cl2N4O2/c26-17-7-10-19(21(27)13-17)24(32)29-18-8-5-15(6-9-18)25(33)31-12-11-16-14-28-30-23(16)20-3-1-2-4-22(20)31/h1-11,13-14H,12H2,(H,29,32). The fourth-order valence-electron chi connectivity index (χ4n) is 3.74. The van der Waals surface area contributed by atoms with Crippen molar-refractivity contribution in [2.24, 2.45) is 10.2 Å². The minimum atomic E-state index is -0.363. The maximum Gasteiger partial charge on any atom is 0.258 e. The molecule has 8 heteroatoms. The zero-order valence-corrected chi connectivity index (χ0v) is 18.6. The number of carbonyl (C=O) groups excluding carboxylic acids is 2. The Morgan fingerprint density at radius 2 is 1.76 bits per heavy atom. The number of benzene rings is 3. The molecule has 0 saturated heterocycles. The van der Waals surface area contributed by atoms with E-state index in [2.05, 4.69) is 15.5 Å². The summed E-state index contributed by atoms with van der Waals surface area (Å²) < 4.78 is 0. The molecule has 1 N–H and O–H groups in total. The summed E-state index contributed by atoms with van der Waals surface area (Å²) in [6.07, 6.45) is 3.64. The molecular formula is C25H16Cl2N4O2. The van der Waals surface area contributed by atoms with Crippen LogP contribution in [0.5, 0.6) is 0 Å². The molecule has 0 aromatic heterocycles. The second-order valence-electron chi connectivity index (χ2n) is 7.44. The number of anilines is 2. The molecule has 0 fully saturated rings. The summed E-state index contributed by atoms with van der Waals surface area (Å²) in [7, 11) is 0. The largest absolute Gasteiger partial charge is 0.322 e. The van der Waals surface area contributed by atoms with Crippen LogP contribution in [0.2, 0.25) is 10.0 Å². The molecule has 162 valence electrons. The number of carbonyl (C=O) groups is 2. The number of hydrogen-bond donors (Lipinski definition) is 1. The predicted octanol–water partition coefficient (Wildman–Crippen LogP) is 5.62. The topological polar surface area (TPSA) is 74.1 Å². The third kappa shape index (κ3) is 4.06. The van der Waals surface area contributed by atoms with Crippen LogP contribution in [0.3, 0.4) is 0 Å². The first kappa shape index (κ1) is 21.1. The third-order valence-electron chi connectivity index (χ3n) is 5.38. The van der Waals surface area contributed by atoms with Crippen LogP contribution < -0.4 is 10.2 Å². The Hall–Kier alpha value is -3.74. The minimum absolute atomic E-state index is 0.157. The van der Waals surface area contributed by atoms with Crippen molar-refractivity contribution in [3.63, 3.8) is 0 Å². The van der Waals surface area contributed by atoms with Gasteiger partial charge in [0.2, 0.25) is 0 Å². The molecule has 5 rings (SSSR count). The molecule has 3 aromatic rings. The van der Waals surface area contributed by atoms with Crippen LogP contribution in [0.1, 0.15) is 26.3 Å². The van der Waals surface area contributed by atoms with Crippen molar-refractivity contribution >= 4 is 58.3 Å². The van der Waals surface area contributed by atoms with Crippen LogP contribution in [0.25, 0.3) is 0 Å². The molecule has 0 spiro atoms. The van der Waals surface area contributed by atoms with Gasteiger partial charge >= 0.3 is 0 Å². The lowest BCUT2D eigenvalue weighted by Gasteiger charge is -2.22. The predicted molar refractivity (Wildman–Crippen MR) is 132 cm³/mol. The van der Waals surface area contributed by atoms with Crippen molar-refractivity contribution in [2.75, 3.05) is 16.8 Å². The second-order valence-corrected chi connectivity index (χ2v) is 8.28. The monoisotopic (exact) mass is 474 g/mol. The number of para-hydroxylation sites is 1. The number of rotatable bonds is 3. The average Bonchev–Trinajstić information content (AvgIpc) is 3.22. The van der Waals surface area contributed by atoms with Crippen LogP contribution in [0, 0.1) is 0 Å². The molecule has 3 aromatic carbocycles. The van der Waals surface area contributed by atoms with Crippen LogP contribution in [0.4, 0.5) is 11.4 Å². The van der Waals surface area contributed by atoms with Crippen molar-refractivity contribution < 1.29 is 9.59 Å². The van der Waals surface area contributed by atoms with Gasteiger partial charge in [-0.1, -0.05) is 47.5 Å². The fourth-order valence-corrected chi connectivity index (χ4v) is 4.23. The Morgan fingerprint density at radius 3 is 2.55 bits per heavy atom. The molecule has 0 unspecified atom stereocenters. The van der Waals surface area contributed by atoms with Crippen molar-refractivity contribution in [3.8, 4) is 0 Å². The van der Waals surface area contributed by atoms with Gasteiger partial charge in [-0.15, -0.1) is 5.10 Å². The summed E-state index contributed by atoms with van der Waals surface area (Å²) in [6.45, 7) is 0.393. The van der Waals surface area contributed by atoms with Crippen molar-refractivity contribution in [3.05, 3.63) is 105 Å². The summed E-state index contributed by atoms with van der Waals surface area (Å²) in [5.41, 5.74) is 4.64. The van der Waals surface area contributed by atoms with E-state index < -0.39 is 0 Å². The lowest BCUT2D eigenvalue weighted by atomic mass is 10.0. The Morgan fingerprint density at radius 1 is 0.970 bits per heavy atom. The average molecular weight is 475 g/mol. The molecule has 2 aliphatic rings. The highest BCUT2D eigenvalue weighted by Crippen LogP contribution is 2.30. The van der Waals surface area contributed by atoms with Gasteiger partial charge in [0.15, 0.2) is 0 Å². The SMILES string of the molecule is O=C(Nc1ccc(C(=O)N2CC=C3C=NN=C3c3ccccc32)cc1)c1ccc(Cl)cc1Cl. The van der Waals surface area contributed by atoms with Gasteiger partial charge in [-0.2, -0.15) is 5.10 Å². The quantitative estimate of drug-likeness (QED) is 0.534. The van der Waals surface area contributed by atoms with Gasteiger partial charge in [0.05, 0.1) is 22.5 Å². The number of halogens is 2. The second kappa shape index (κ2) is 8.65. The fraction of sp³-hybridized carbons (Fsp3) is 0.0400. The highest BCUT2D eigenvalue weighted by molar-refractivity contribution is 6.37. The smallest absolute Gasteiger partial charge is 0.258 e. The summed E-state index contributed by atoms with van der Waals surface area (Å²) in [6, 6.07) is 19.0. The Kier molecular flexibility index (Phi) is 5.54. The van der Waals surface area contributed by atoms with Gasteiger partial charge in [0.25, 0.3) is 11.8 Å². The van der Waals surface area contributed by atoms with Gasteiger partial charge < -0.3 is 10.2 Å². The molecule has 2 heterocycles. The van der Waals surface area contributed by atoms with E-state index in [0.29, 0.717) is 28.4 Å².